The Morgan fingerprint density at radius 3 is 2.89 bits per heavy atom. The maximum absolute atomic E-state index is 10.3. The first kappa shape index (κ1) is 12.2. The second-order valence-corrected chi connectivity index (χ2v) is 5.12. The van der Waals surface area contributed by atoms with Gasteiger partial charge in [0.15, 0.2) is 0 Å². The molecule has 4 nitrogen and oxygen atoms in total. The van der Waals surface area contributed by atoms with E-state index in [4.69, 9.17) is 9.15 Å². The van der Waals surface area contributed by atoms with Crippen LogP contribution in [0.4, 0.5) is 0 Å². The van der Waals surface area contributed by atoms with Gasteiger partial charge in [0.25, 0.3) is 0 Å². The van der Waals surface area contributed by atoms with E-state index >= 15 is 0 Å². The van der Waals surface area contributed by atoms with Gasteiger partial charge < -0.3 is 14.3 Å². The minimum Gasteiger partial charge on any atom is -0.495 e. The lowest BCUT2D eigenvalue weighted by atomic mass is 10.1. The van der Waals surface area contributed by atoms with Gasteiger partial charge >= 0.3 is 0 Å². The fourth-order valence-electron chi connectivity index (χ4n) is 2.29. The second kappa shape index (κ2) is 4.70. The van der Waals surface area contributed by atoms with Crippen LogP contribution in [0.2, 0.25) is 0 Å². The van der Waals surface area contributed by atoms with E-state index < -0.39 is 6.10 Å². The van der Waals surface area contributed by atoms with Crippen LogP contribution in [0.15, 0.2) is 35.0 Å². The minimum atomic E-state index is -0.801. The summed E-state index contributed by atoms with van der Waals surface area (Å²) in [5.74, 6) is 3.36. The zero-order valence-electron chi connectivity index (χ0n) is 11.0. The third kappa shape index (κ3) is 2.36. The average molecular weight is 259 g/mol. The third-order valence-corrected chi connectivity index (χ3v) is 3.68. The first-order valence-electron chi connectivity index (χ1n) is 6.45. The Hall–Kier alpha value is -1.81. The Morgan fingerprint density at radius 2 is 2.21 bits per heavy atom. The van der Waals surface area contributed by atoms with E-state index in [1.54, 1.807) is 25.6 Å². The third-order valence-electron chi connectivity index (χ3n) is 3.68. The van der Waals surface area contributed by atoms with Crippen molar-refractivity contribution in [1.29, 1.82) is 0 Å². The van der Waals surface area contributed by atoms with Crippen LogP contribution < -0.4 is 4.74 Å². The van der Waals surface area contributed by atoms with Crippen LogP contribution in [0.5, 0.6) is 5.75 Å². The topological polar surface area (TPSA) is 55.5 Å². The van der Waals surface area contributed by atoms with Gasteiger partial charge in [-0.3, -0.25) is 4.98 Å². The Morgan fingerprint density at radius 1 is 1.42 bits per heavy atom. The lowest BCUT2D eigenvalue weighted by Crippen LogP contribution is -1.99. The Bertz CT molecular complexity index is 578. The Labute approximate surface area is 112 Å². The number of furan rings is 1. The normalized spacial score (nSPS) is 23.1. The van der Waals surface area contributed by atoms with Crippen molar-refractivity contribution in [1.82, 2.24) is 4.98 Å². The highest BCUT2D eigenvalue weighted by Crippen LogP contribution is 2.47. The summed E-state index contributed by atoms with van der Waals surface area (Å²) in [6, 6.07) is 5.56. The summed E-state index contributed by atoms with van der Waals surface area (Å²) < 4.78 is 10.9. The SMILES string of the molecule is COc1cncc(C(O)c2ccc(C3CC3C)o2)c1. The van der Waals surface area contributed by atoms with Crippen molar-refractivity contribution in [2.75, 3.05) is 7.11 Å². The first-order chi connectivity index (χ1) is 9.19. The molecule has 0 saturated heterocycles. The van der Waals surface area contributed by atoms with Gasteiger partial charge in [-0.15, -0.1) is 0 Å². The maximum atomic E-state index is 10.3. The summed E-state index contributed by atoms with van der Waals surface area (Å²) in [5, 5.41) is 10.3. The van der Waals surface area contributed by atoms with Crippen LogP contribution in [0.1, 0.15) is 42.5 Å². The zero-order valence-corrected chi connectivity index (χ0v) is 11.0. The van der Waals surface area contributed by atoms with Crippen LogP contribution in [0.25, 0.3) is 0 Å². The second-order valence-electron chi connectivity index (χ2n) is 5.12. The average Bonchev–Trinajstić information content (AvgIpc) is 2.99. The van der Waals surface area contributed by atoms with Crippen molar-refractivity contribution in [3.8, 4) is 5.75 Å². The molecule has 4 heteroatoms. The first-order valence-corrected chi connectivity index (χ1v) is 6.45. The van der Waals surface area contributed by atoms with E-state index in [0.29, 0.717) is 28.9 Å². The molecule has 0 spiro atoms. The van der Waals surface area contributed by atoms with Crippen molar-refractivity contribution in [3.63, 3.8) is 0 Å². The predicted octanol–water partition coefficient (Wildman–Crippen LogP) is 2.89. The molecular weight excluding hydrogens is 242 g/mol. The standard InChI is InChI=1S/C15H17NO3/c1-9-5-12(9)13-3-4-14(19-13)15(17)10-6-11(18-2)8-16-7-10/h3-4,6-9,12,15,17H,5H2,1-2H3. The van der Waals surface area contributed by atoms with Crippen molar-refractivity contribution in [2.45, 2.75) is 25.4 Å². The highest BCUT2D eigenvalue weighted by molar-refractivity contribution is 5.30. The van der Waals surface area contributed by atoms with Crippen LogP contribution in [0, 0.1) is 5.92 Å². The molecule has 0 aromatic carbocycles. The summed E-state index contributed by atoms with van der Waals surface area (Å²) >= 11 is 0. The summed E-state index contributed by atoms with van der Waals surface area (Å²) in [6.07, 6.45) is 3.60. The van der Waals surface area contributed by atoms with Crippen LogP contribution in [-0.4, -0.2) is 17.2 Å². The molecule has 2 aromatic heterocycles. The quantitative estimate of drug-likeness (QED) is 0.917. The van der Waals surface area contributed by atoms with Crippen molar-refractivity contribution < 1.29 is 14.3 Å². The van der Waals surface area contributed by atoms with Gasteiger partial charge in [-0.25, -0.2) is 0 Å². The molecule has 2 heterocycles. The van der Waals surface area contributed by atoms with E-state index in [1.165, 1.54) is 6.42 Å². The number of aliphatic hydroxyl groups excluding tert-OH is 1. The maximum Gasteiger partial charge on any atom is 0.138 e. The number of hydrogen-bond donors (Lipinski definition) is 1. The molecule has 2 aromatic rings. The summed E-state index contributed by atoms with van der Waals surface area (Å²) in [7, 11) is 1.58. The molecule has 3 atom stereocenters. The van der Waals surface area contributed by atoms with Crippen molar-refractivity contribution in [2.24, 2.45) is 5.92 Å². The highest BCUT2D eigenvalue weighted by Gasteiger charge is 2.37. The molecule has 3 unspecified atom stereocenters. The van der Waals surface area contributed by atoms with Gasteiger partial charge in [-0.1, -0.05) is 6.92 Å². The summed E-state index contributed by atoms with van der Waals surface area (Å²) in [5.41, 5.74) is 0.670. The van der Waals surface area contributed by atoms with E-state index in [9.17, 15) is 5.11 Å². The van der Waals surface area contributed by atoms with Gasteiger partial charge in [0, 0.05) is 17.7 Å². The number of rotatable bonds is 4. The lowest BCUT2D eigenvalue weighted by molar-refractivity contribution is 0.186. The Kier molecular flexibility index (Phi) is 3.03. The number of pyridine rings is 1. The predicted molar refractivity (Wildman–Crippen MR) is 70.1 cm³/mol. The molecule has 0 aliphatic heterocycles. The molecule has 1 aliphatic rings. The van der Waals surface area contributed by atoms with Gasteiger partial charge in [-0.2, -0.15) is 0 Å². The number of hydrogen-bond acceptors (Lipinski definition) is 4. The number of nitrogens with zero attached hydrogens (tertiary/aromatic N) is 1. The molecule has 0 amide bonds. The fraction of sp³-hybridized carbons (Fsp3) is 0.400. The molecule has 1 N–H and O–H groups in total. The van der Waals surface area contributed by atoms with E-state index in [1.807, 2.05) is 12.1 Å². The molecular formula is C15H17NO3. The van der Waals surface area contributed by atoms with Crippen molar-refractivity contribution in [3.05, 3.63) is 47.7 Å². The molecule has 1 fully saturated rings. The molecule has 1 aliphatic carbocycles. The smallest absolute Gasteiger partial charge is 0.138 e. The van der Waals surface area contributed by atoms with Gasteiger partial charge in [0.05, 0.1) is 13.3 Å². The largest absolute Gasteiger partial charge is 0.495 e. The molecule has 1 saturated carbocycles. The van der Waals surface area contributed by atoms with Crippen LogP contribution >= 0.6 is 0 Å². The zero-order chi connectivity index (χ0) is 13.4. The van der Waals surface area contributed by atoms with Gasteiger partial charge in [0.2, 0.25) is 0 Å². The van der Waals surface area contributed by atoms with Gasteiger partial charge in [-0.05, 0) is 30.5 Å². The van der Waals surface area contributed by atoms with E-state index in [2.05, 4.69) is 11.9 Å². The summed E-state index contributed by atoms with van der Waals surface area (Å²) in [6.45, 7) is 2.20. The monoisotopic (exact) mass is 259 g/mol. The molecule has 3 rings (SSSR count). The summed E-state index contributed by atoms with van der Waals surface area (Å²) in [4.78, 5) is 4.04. The molecule has 0 bridgehead atoms. The minimum absolute atomic E-state index is 0.518. The Balaban J connectivity index is 1.82. The van der Waals surface area contributed by atoms with Crippen molar-refractivity contribution >= 4 is 0 Å². The lowest BCUT2D eigenvalue weighted by Gasteiger charge is -2.09. The van der Waals surface area contributed by atoms with E-state index in [0.717, 1.165) is 5.76 Å². The van der Waals surface area contributed by atoms with Crippen LogP contribution in [-0.2, 0) is 0 Å². The van der Waals surface area contributed by atoms with Gasteiger partial charge in [0.1, 0.15) is 23.4 Å². The number of ether oxygens (including phenoxy) is 1. The van der Waals surface area contributed by atoms with Crippen LogP contribution in [0.3, 0.4) is 0 Å². The number of aromatic nitrogens is 1. The molecule has 0 radical (unpaired) electrons. The molecule has 19 heavy (non-hydrogen) atoms. The highest BCUT2D eigenvalue weighted by atomic mass is 16.5. The van der Waals surface area contributed by atoms with E-state index in [-0.39, 0.29) is 0 Å². The molecule has 100 valence electrons. The fourth-order valence-corrected chi connectivity index (χ4v) is 2.29. The number of methoxy groups -OCH3 is 1. The number of aliphatic hydroxyl groups is 1.